The van der Waals surface area contributed by atoms with E-state index in [0.29, 0.717) is 12.0 Å². The molecule has 0 aromatic heterocycles. The maximum Gasteiger partial charge on any atom is 0.119 e. The lowest BCUT2D eigenvalue weighted by molar-refractivity contribution is 0.251. The molecule has 2 aliphatic rings. The number of aliphatic imine (C=N–C) groups is 1. The van der Waals surface area contributed by atoms with E-state index in [-0.39, 0.29) is 0 Å². The van der Waals surface area contributed by atoms with Crippen LogP contribution in [0.4, 0.5) is 0 Å². The second-order valence-electron chi connectivity index (χ2n) is 7.12. The molecule has 23 heavy (non-hydrogen) atoms. The maximum absolute atomic E-state index is 5.44. The molecule has 0 bridgehead atoms. The highest BCUT2D eigenvalue weighted by atomic mass is 16.5. The third-order valence-electron chi connectivity index (χ3n) is 5.36. The summed E-state index contributed by atoms with van der Waals surface area (Å²) in [5.41, 5.74) is 4.20. The molecule has 1 aromatic carbocycles. The molecular formula is C20H30N2O. The number of nitrogens with zero attached hydrogens (tertiary/aromatic N) is 2. The van der Waals surface area contributed by atoms with Gasteiger partial charge in [0, 0.05) is 11.6 Å². The first-order chi connectivity index (χ1) is 11.2. The van der Waals surface area contributed by atoms with E-state index in [9.17, 15) is 0 Å². The number of methoxy groups -OCH3 is 1. The van der Waals surface area contributed by atoms with Crippen LogP contribution in [0, 0.1) is 5.92 Å². The predicted molar refractivity (Wildman–Crippen MR) is 96.8 cm³/mol. The van der Waals surface area contributed by atoms with Crippen molar-refractivity contribution in [3.63, 3.8) is 0 Å². The average Bonchev–Trinajstić information content (AvgIpc) is 2.59. The fourth-order valence-electron chi connectivity index (χ4n) is 3.90. The molecule has 0 unspecified atom stereocenters. The Kier molecular flexibility index (Phi) is 5.37. The van der Waals surface area contributed by atoms with Crippen LogP contribution in [0.3, 0.4) is 0 Å². The van der Waals surface area contributed by atoms with Crippen molar-refractivity contribution in [1.82, 2.24) is 4.90 Å². The summed E-state index contributed by atoms with van der Waals surface area (Å²) in [5, 5.41) is 0. The third kappa shape index (κ3) is 3.77. The Labute approximate surface area is 140 Å². The smallest absolute Gasteiger partial charge is 0.119 e. The van der Waals surface area contributed by atoms with Crippen molar-refractivity contribution in [1.29, 1.82) is 0 Å². The Morgan fingerprint density at radius 2 is 2.04 bits per heavy atom. The van der Waals surface area contributed by atoms with Crippen LogP contribution in [0.15, 0.2) is 23.2 Å². The zero-order valence-electron chi connectivity index (χ0n) is 14.8. The Balaban J connectivity index is 1.88. The topological polar surface area (TPSA) is 24.8 Å². The molecule has 0 radical (unpaired) electrons. The number of hydrogen-bond donors (Lipinski definition) is 0. The molecule has 1 fully saturated rings. The molecule has 0 amide bonds. The van der Waals surface area contributed by atoms with E-state index in [1.165, 1.54) is 62.0 Å². The van der Waals surface area contributed by atoms with E-state index in [4.69, 9.17) is 9.73 Å². The number of benzene rings is 1. The van der Waals surface area contributed by atoms with Gasteiger partial charge in [-0.1, -0.05) is 19.8 Å². The second kappa shape index (κ2) is 7.48. The van der Waals surface area contributed by atoms with Gasteiger partial charge < -0.3 is 9.64 Å². The summed E-state index contributed by atoms with van der Waals surface area (Å²) in [4.78, 5) is 7.66. The van der Waals surface area contributed by atoms with Crippen LogP contribution in [0.25, 0.3) is 0 Å². The minimum atomic E-state index is 0.462. The first-order valence-corrected chi connectivity index (χ1v) is 9.14. The summed E-state index contributed by atoms with van der Waals surface area (Å²) in [6.07, 6.45) is 7.28. The SMILES string of the molecule is CCCC[C@H]1Cc2cc(OC)ccc2C(C2CCN(C)CC2)=N1. The number of unbranched alkanes of at least 4 members (excludes halogenated alkanes) is 1. The minimum Gasteiger partial charge on any atom is -0.497 e. The van der Waals surface area contributed by atoms with Gasteiger partial charge in [0.1, 0.15) is 5.75 Å². The van der Waals surface area contributed by atoms with Crippen LogP contribution < -0.4 is 4.74 Å². The van der Waals surface area contributed by atoms with Crippen molar-refractivity contribution in [3.8, 4) is 5.75 Å². The van der Waals surface area contributed by atoms with Crippen LogP contribution in [0.1, 0.15) is 50.2 Å². The van der Waals surface area contributed by atoms with Gasteiger partial charge in [-0.25, -0.2) is 0 Å². The molecule has 2 heterocycles. The van der Waals surface area contributed by atoms with Crippen LogP contribution in [-0.4, -0.2) is 43.9 Å². The molecule has 0 saturated carbocycles. The summed E-state index contributed by atoms with van der Waals surface area (Å²) in [7, 11) is 3.98. The van der Waals surface area contributed by atoms with Crippen molar-refractivity contribution in [3.05, 3.63) is 29.3 Å². The Hall–Kier alpha value is -1.35. The molecule has 1 saturated heterocycles. The van der Waals surface area contributed by atoms with E-state index in [0.717, 1.165) is 12.2 Å². The van der Waals surface area contributed by atoms with Crippen molar-refractivity contribution >= 4 is 5.71 Å². The van der Waals surface area contributed by atoms with Gasteiger partial charge in [0.05, 0.1) is 13.2 Å². The molecule has 3 nitrogen and oxygen atoms in total. The standard InChI is InChI=1S/C20H30N2O/c1-4-5-6-17-13-16-14-18(23-3)7-8-19(16)20(21-17)15-9-11-22(2)12-10-15/h7-8,14-15,17H,4-6,9-13H2,1-3H3/t17-/m0/s1. The van der Waals surface area contributed by atoms with Crippen LogP contribution in [-0.2, 0) is 6.42 Å². The molecule has 2 aliphatic heterocycles. The summed E-state index contributed by atoms with van der Waals surface area (Å²) in [6, 6.07) is 7.03. The van der Waals surface area contributed by atoms with E-state index in [2.05, 4.69) is 37.1 Å². The number of rotatable bonds is 5. The molecule has 0 N–H and O–H groups in total. The fraction of sp³-hybridized carbons (Fsp3) is 0.650. The predicted octanol–water partition coefficient (Wildman–Crippen LogP) is 3.94. The highest BCUT2D eigenvalue weighted by Gasteiger charge is 2.28. The monoisotopic (exact) mass is 314 g/mol. The van der Waals surface area contributed by atoms with Crippen molar-refractivity contribution in [2.75, 3.05) is 27.2 Å². The summed E-state index contributed by atoms with van der Waals surface area (Å²) in [5.74, 6) is 1.60. The van der Waals surface area contributed by atoms with Crippen LogP contribution in [0.5, 0.6) is 5.75 Å². The summed E-state index contributed by atoms with van der Waals surface area (Å²) >= 11 is 0. The quantitative estimate of drug-likeness (QED) is 0.822. The Morgan fingerprint density at radius 1 is 1.26 bits per heavy atom. The lowest BCUT2D eigenvalue weighted by Gasteiger charge is -2.33. The first kappa shape index (κ1) is 16.5. The molecule has 3 rings (SSSR count). The van der Waals surface area contributed by atoms with Gasteiger partial charge in [0.2, 0.25) is 0 Å². The highest BCUT2D eigenvalue weighted by Crippen LogP contribution is 2.31. The summed E-state index contributed by atoms with van der Waals surface area (Å²) in [6.45, 7) is 4.64. The number of likely N-dealkylation sites (tertiary alicyclic amines) is 1. The van der Waals surface area contributed by atoms with Gasteiger partial charge in [0.15, 0.2) is 0 Å². The number of ether oxygens (including phenoxy) is 1. The number of piperidine rings is 1. The highest BCUT2D eigenvalue weighted by molar-refractivity contribution is 6.04. The van der Waals surface area contributed by atoms with E-state index >= 15 is 0 Å². The van der Waals surface area contributed by atoms with Gasteiger partial charge in [-0.3, -0.25) is 4.99 Å². The molecule has 126 valence electrons. The van der Waals surface area contributed by atoms with Gasteiger partial charge in [-0.05, 0) is 75.1 Å². The second-order valence-corrected chi connectivity index (χ2v) is 7.12. The summed E-state index contributed by atoms with van der Waals surface area (Å²) < 4.78 is 5.44. The number of hydrogen-bond acceptors (Lipinski definition) is 3. The van der Waals surface area contributed by atoms with Gasteiger partial charge in [0.25, 0.3) is 0 Å². The van der Waals surface area contributed by atoms with Crippen molar-refractivity contribution < 1.29 is 4.74 Å². The van der Waals surface area contributed by atoms with Crippen molar-refractivity contribution in [2.24, 2.45) is 10.9 Å². The van der Waals surface area contributed by atoms with E-state index in [1.54, 1.807) is 7.11 Å². The molecule has 0 spiro atoms. The molecule has 1 atom stereocenters. The zero-order valence-corrected chi connectivity index (χ0v) is 14.8. The molecule has 0 aliphatic carbocycles. The van der Waals surface area contributed by atoms with Gasteiger partial charge in [-0.2, -0.15) is 0 Å². The van der Waals surface area contributed by atoms with E-state index < -0.39 is 0 Å². The van der Waals surface area contributed by atoms with Gasteiger partial charge >= 0.3 is 0 Å². The fourth-order valence-corrected chi connectivity index (χ4v) is 3.90. The lowest BCUT2D eigenvalue weighted by Crippen LogP contribution is -2.36. The third-order valence-corrected chi connectivity index (χ3v) is 5.36. The van der Waals surface area contributed by atoms with Crippen LogP contribution >= 0.6 is 0 Å². The maximum atomic E-state index is 5.44. The lowest BCUT2D eigenvalue weighted by atomic mass is 9.82. The molecule has 3 heteroatoms. The Bertz CT molecular complexity index is 559. The van der Waals surface area contributed by atoms with E-state index in [1.807, 2.05) is 0 Å². The first-order valence-electron chi connectivity index (χ1n) is 9.14. The van der Waals surface area contributed by atoms with Crippen LogP contribution in [0.2, 0.25) is 0 Å². The average molecular weight is 314 g/mol. The largest absolute Gasteiger partial charge is 0.497 e. The number of fused-ring (bicyclic) bond motifs is 1. The molecular weight excluding hydrogens is 284 g/mol. The normalized spacial score (nSPS) is 22.6. The molecule has 1 aromatic rings. The minimum absolute atomic E-state index is 0.462. The van der Waals surface area contributed by atoms with Gasteiger partial charge in [-0.15, -0.1) is 0 Å². The van der Waals surface area contributed by atoms with Crippen molar-refractivity contribution in [2.45, 2.75) is 51.5 Å². The zero-order chi connectivity index (χ0) is 16.2. The Morgan fingerprint density at radius 3 is 2.74 bits per heavy atom.